The summed E-state index contributed by atoms with van der Waals surface area (Å²) in [5.41, 5.74) is 0.599. The van der Waals surface area contributed by atoms with Crippen LogP contribution in [0.25, 0.3) is 0 Å². The van der Waals surface area contributed by atoms with E-state index in [1.807, 2.05) is 30.3 Å². The molecule has 22 heavy (non-hydrogen) atoms. The molecule has 0 radical (unpaired) electrons. The number of hydrogen-bond donors (Lipinski definition) is 1. The summed E-state index contributed by atoms with van der Waals surface area (Å²) < 4.78 is 6.28. The topological polar surface area (TPSA) is 77.4 Å². The van der Waals surface area contributed by atoms with Crippen LogP contribution in [0.5, 0.6) is 0 Å². The van der Waals surface area contributed by atoms with Gasteiger partial charge < -0.3 is 14.6 Å². The van der Waals surface area contributed by atoms with E-state index in [-0.39, 0.29) is 25.3 Å². The molecule has 2 rings (SSSR count). The van der Waals surface area contributed by atoms with E-state index < -0.39 is 11.9 Å². The van der Waals surface area contributed by atoms with E-state index in [4.69, 9.17) is 4.74 Å². The van der Waals surface area contributed by atoms with E-state index >= 15 is 0 Å². The van der Waals surface area contributed by atoms with Gasteiger partial charge in [0.2, 0.25) is 5.91 Å². The molecule has 0 atom stereocenters. The van der Waals surface area contributed by atoms with Gasteiger partial charge in [-0.15, -0.1) is 0 Å². The Morgan fingerprint density at radius 2 is 1.77 bits per heavy atom. The van der Waals surface area contributed by atoms with Crippen LogP contribution in [0.1, 0.15) is 5.56 Å². The summed E-state index contributed by atoms with van der Waals surface area (Å²) >= 11 is 0. The van der Waals surface area contributed by atoms with E-state index in [1.54, 1.807) is 12.1 Å². The Balaban J connectivity index is 1.73. The molecule has 0 fully saturated rings. The smallest absolute Gasteiger partial charge is 0.325 e. The third-order valence-corrected chi connectivity index (χ3v) is 2.89. The number of pyridine rings is 1. The summed E-state index contributed by atoms with van der Waals surface area (Å²) in [6.45, 7) is -0.202. The molecule has 0 unspecified atom stereocenters. The highest BCUT2D eigenvalue weighted by molar-refractivity contribution is 5.81. The number of carbonyl (C=O) groups is 2. The molecule has 6 heteroatoms. The molecule has 0 saturated heterocycles. The van der Waals surface area contributed by atoms with Gasteiger partial charge in [-0.2, -0.15) is 0 Å². The first-order chi connectivity index (χ1) is 10.6. The van der Waals surface area contributed by atoms with Gasteiger partial charge in [-0.25, -0.2) is 0 Å². The minimum absolute atomic E-state index is 0.133. The maximum atomic E-state index is 11.7. The monoisotopic (exact) mass is 300 g/mol. The van der Waals surface area contributed by atoms with Crippen LogP contribution < -0.4 is 10.9 Å². The number of amides is 1. The van der Waals surface area contributed by atoms with Crippen LogP contribution in [0.2, 0.25) is 0 Å². The molecule has 0 aliphatic heterocycles. The zero-order chi connectivity index (χ0) is 15.8. The summed E-state index contributed by atoms with van der Waals surface area (Å²) in [7, 11) is 0. The van der Waals surface area contributed by atoms with Crippen LogP contribution in [0, 0.1) is 0 Å². The summed E-state index contributed by atoms with van der Waals surface area (Å²) in [6, 6.07) is 13.9. The van der Waals surface area contributed by atoms with E-state index in [0.29, 0.717) is 0 Å². The highest BCUT2D eigenvalue weighted by Crippen LogP contribution is 2.00. The normalized spacial score (nSPS) is 10.0. The Kier molecular flexibility index (Phi) is 5.48. The lowest BCUT2D eigenvalue weighted by Crippen LogP contribution is -2.35. The SMILES string of the molecule is O=C(Cn1ccccc1=O)NCC(=O)OCc1ccccc1. The lowest BCUT2D eigenvalue weighted by Gasteiger charge is -2.07. The first-order valence-electron chi connectivity index (χ1n) is 6.77. The van der Waals surface area contributed by atoms with Crippen LogP contribution in [0.15, 0.2) is 59.5 Å². The predicted molar refractivity (Wildman–Crippen MR) is 79.9 cm³/mol. The van der Waals surface area contributed by atoms with Crippen molar-refractivity contribution in [2.24, 2.45) is 0 Å². The summed E-state index contributed by atoms with van der Waals surface area (Å²) in [5.74, 6) is -0.956. The maximum Gasteiger partial charge on any atom is 0.325 e. The number of aromatic nitrogens is 1. The van der Waals surface area contributed by atoms with Crippen LogP contribution in [0.4, 0.5) is 0 Å². The summed E-state index contributed by atoms with van der Waals surface area (Å²) in [6.07, 6.45) is 1.51. The Labute approximate surface area is 127 Å². The number of carbonyl (C=O) groups excluding carboxylic acids is 2. The molecule has 0 aliphatic rings. The Bertz CT molecular complexity index is 695. The number of ether oxygens (including phenoxy) is 1. The maximum absolute atomic E-state index is 11.7. The molecule has 0 saturated carbocycles. The number of nitrogens with zero attached hydrogens (tertiary/aromatic N) is 1. The number of rotatable bonds is 6. The summed E-state index contributed by atoms with van der Waals surface area (Å²) in [4.78, 5) is 34.6. The third-order valence-electron chi connectivity index (χ3n) is 2.89. The number of nitrogens with one attached hydrogen (secondary N) is 1. The molecule has 0 aliphatic carbocycles. The zero-order valence-electron chi connectivity index (χ0n) is 11.9. The van der Waals surface area contributed by atoms with Crippen molar-refractivity contribution in [2.75, 3.05) is 6.54 Å². The van der Waals surface area contributed by atoms with E-state index in [2.05, 4.69) is 5.32 Å². The fraction of sp³-hybridized carbons (Fsp3) is 0.188. The number of hydrogen-bond acceptors (Lipinski definition) is 4. The quantitative estimate of drug-likeness (QED) is 0.797. The zero-order valence-corrected chi connectivity index (χ0v) is 11.9. The largest absolute Gasteiger partial charge is 0.460 e. The van der Waals surface area contributed by atoms with Gasteiger partial charge in [-0.3, -0.25) is 14.4 Å². The number of esters is 1. The Morgan fingerprint density at radius 3 is 2.50 bits per heavy atom. The fourth-order valence-electron chi connectivity index (χ4n) is 1.76. The van der Waals surface area contributed by atoms with E-state index in [1.165, 1.54) is 16.8 Å². The minimum atomic E-state index is -0.530. The lowest BCUT2D eigenvalue weighted by molar-refractivity contribution is -0.145. The van der Waals surface area contributed by atoms with Crippen molar-refractivity contribution in [3.8, 4) is 0 Å². The van der Waals surface area contributed by atoms with Crippen molar-refractivity contribution in [1.82, 2.24) is 9.88 Å². The van der Waals surface area contributed by atoms with Gasteiger partial charge in [0, 0.05) is 12.3 Å². The molecule has 0 spiro atoms. The van der Waals surface area contributed by atoms with Crippen LogP contribution in [0.3, 0.4) is 0 Å². The molecule has 1 N–H and O–H groups in total. The first kappa shape index (κ1) is 15.5. The van der Waals surface area contributed by atoms with E-state index in [0.717, 1.165) is 5.56 Å². The highest BCUT2D eigenvalue weighted by Gasteiger charge is 2.08. The van der Waals surface area contributed by atoms with Crippen molar-refractivity contribution in [2.45, 2.75) is 13.2 Å². The lowest BCUT2D eigenvalue weighted by atomic mass is 10.2. The molecule has 1 heterocycles. The van der Waals surface area contributed by atoms with Crippen molar-refractivity contribution in [3.63, 3.8) is 0 Å². The molecule has 0 bridgehead atoms. The highest BCUT2D eigenvalue weighted by atomic mass is 16.5. The van der Waals surface area contributed by atoms with Gasteiger partial charge in [0.1, 0.15) is 19.7 Å². The average molecular weight is 300 g/mol. The standard InChI is InChI=1S/C16H16N2O4/c19-14(11-18-9-5-4-8-15(18)20)17-10-16(21)22-12-13-6-2-1-3-7-13/h1-9H,10-12H2,(H,17,19). The fourth-order valence-corrected chi connectivity index (χ4v) is 1.76. The predicted octanol–water partition coefficient (Wildman–Crippen LogP) is 0.708. The second kappa shape index (κ2) is 7.78. The molecule has 1 aromatic carbocycles. The molecule has 6 nitrogen and oxygen atoms in total. The van der Waals surface area contributed by atoms with Crippen LogP contribution >= 0.6 is 0 Å². The molecular formula is C16H16N2O4. The average Bonchev–Trinajstić information content (AvgIpc) is 2.54. The van der Waals surface area contributed by atoms with Crippen LogP contribution in [-0.2, 0) is 27.5 Å². The van der Waals surface area contributed by atoms with E-state index in [9.17, 15) is 14.4 Å². The van der Waals surface area contributed by atoms with Gasteiger partial charge in [-0.05, 0) is 11.6 Å². The van der Waals surface area contributed by atoms with Gasteiger partial charge in [-0.1, -0.05) is 36.4 Å². The molecule has 1 amide bonds. The molecule has 2 aromatic rings. The third kappa shape index (κ3) is 4.90. The molecular weight excluding hydrogens is 284 g/mol. The number of benzene rings is 1. The Morgan fingerprint density at radius 1 is 1.05 bits per heavy atom. The van der Waals surface area contributed by atoms with Gasteiger partial charge in [0.15, 0.2) is 0 Å². The second-order valence-corrected chi connectivity index (χ2v) is 4.59. The first-order valence-corrected chi connectivity index (χ1v) is 6.77. The Hall–Kier alpha value is -2.89. The van der Waals surface area contributed by atoms with Crippen LogP contribution in [-0.4, -0.2) is 23.0 Å². The van der Waals surface area contributed by atoms with Crippen molar-refractivity contribution < 1.29 is 14.3 Å². The molecule has 1 aromatic heterocycles. The minimum Gasteiger partial charge on any atom is -0.460 e. The second-order valence-electron chi connectivity index (χ2n) is 4.59. The van der Waals surface area contributed by atoms with Gasteiger partial charge >= 0.3 is 5.97 Å². The van der Waals surface area contributed by atoms with Crippen molar-refractivity contribution >= 4 is 11.9 Å². The van der Waals surface area contributed by atoms with Gasteiger partial charge in [0.25, 0.3) is 5.56 Å². The van der Waals surface area contributed by atoms with Gasteiger partial charge in [0.05, 0.1) is 0 Å². The van der Waals surface area contributed by atoms with Crippen molar-refractivity contribution in [3.05, 3.63) is 70.6 Å². The summed E-state index contributed by atoms with van der Waals surface area (Å²) in [5, 5.41) is 2.42. The van der Waals surface area contributed by atoms with Crippen molar-refractivity contribution in [1.29, 1.82) is 0 Å². The molecule has 114 valence electrons.